The van der Waals surface area contributed by atoms with Gasteiger partial charge in [0.1, 0.15) is 0 Å². The maximum Gasteiger partial charge on any atom is 0.0529 e. The summed E-state index contributed by atoms with van der Waals surface area (Å²) in [6.07, 6.45) is 3.28. The molecule has 0 aliphatic carbocycles. The molecule has 0 aliphatic heterocycles. The third-order valence-electron chi connectivity index (χ3n) is 2.87. The first-order valence-electron chi connectivity index (χ1n) is 6.44. The molecule has 1 aromatic rings. The van der Waals surface area contributed by atoms with Crippen molar-refractivity contribution in [1.29, 1.82) is 0 Å². The van der Waals surface area contributed by atoms with Gasteiger partial charge in [0, 0.05) is 16.7 Å². The van der Waals surface area contributed by atoms with Crippen LogP contribution in [0, 0.1) is 0 Å². The van der Waals surface area contributed by atoms with E-state index in [1.807, 2.05) is 30.3 Å². The second kappa shape index (κ2) is 8.43. The fourth-order valence-corrected chi connectivity index (χ4v) is 3.02. The van der Waals surface area contributed by atoms with E-state index >= 15 is 0 Å². The van der Waals surface area contributed by atoms with Crippen molar-refractivity contribution in [3.8, 4) is 0 Å². The van der Waals surface area contributed by atoms with Gasteiger partial charge < -0.3 is 5.32 Å². The molecule has 0 aliphatic rings. The quantitative estimate of drug-likeness (QED) is 0.772. The van der Waals surface area contributed by atoms with Crippen molar-refractivity contribution >= 4 is 10.8 Å². The van der Waals surface area contributed by atoms with Gasteiger partial charge in [-0.25, -0.2) is 0 Å². The molecule has 1 rings (SSSR count). The standard InChI is InChI=1S/C14H23NOS/c1-3-13(15-4-2)9-8-12-17(16)14-10-6-5-7-11-14/h5-7,10-11,13,15H,3-4,8-9,12H2,1-2H3. The van der Waals surface area contributed by atoms with Crippen LogP contribution in [0.4, 0.5) is 0 Å². The summed E-state index contributed by atoms with van der Waals surface area (Å²) >= 11 is 0. The molecule has 0 spiro atoms. The van der Waals surface area contributed by atoms with E-state index in [0.717, 1.165) is 36.5 Å². The van der Waals surface area contributed by atoms with E-state index in [-0.39, 0.29) is 0 Å². The zero-order valence-corrected chi connectivity index (χ0v) is 11.6. The van der Waals surface area contributed by atoms with Crippen LogP contribution in [0.25, 0.3) is 0 Å². The molecule has 0 saturated carbocycles. The van der Waals surface area contributed by atoms with Crippen LogP contribution in [0.2, 0.25) is 0 Å². The Morgan fingerprint density at radius 3 is 2.53 bits per heavy atom. The average molecular weight is 253 g/mol. The highest BCUT2D eigenvalue weighted by atomic mass is 32.2. The van der Waals surface area contributed by atoms with Gasteiger partial charge in [0.15, 0.2) is 0 Å². The Morgan fingerprint density at radius 2 is 1.94 bits per heavy atom. The Balaban J connectivity index is 2.29. The molecule has 0 bridgehead atoms. The minimum Gasteiger partial charge on any atom is -0.314 e. The van der Waals surface area contributed by atoms with Gasteiger partial charge in [-0.3, -0.25) is 4.21 Å². The van der Waals surface area contributed by atoms with Crippen LogP contribution >= 0.6 is 0 Å². The van der Waals surface area contributed by atoms with Crippen LogP contribution in [0.3, 0.4) is 0 Å². The molecule has 96 valence electrons. The lowest BCUT2D eigenvalue weighted by Gasteiger charge is -2.15. The van der Waals surface area contributed by atoms with E-state index in [4.69, 9.17) is 0 Å². The fourth-order valence-electron chi connectivity index (χ4n) is 1.89. The third-order valence-corrected chi connectivity index (χ3v) is 4.33. The maximum absolute atomic E-state index is 12.0. The van der Waals surface area contributed by atoms with Crippen molar-refractivity contribution in [2.75, 3.05) is 12.3 Å². The summed E-state index contributed by atoms with van der Waals surface area (Å²) in [7, 11) is -0.834. The predicted octanol–water partition coefficient (Wildman–Crippen LogP) is 2.96. The summed E-state index contributed by atoms with van der Waals surface area (Å²) in [5, 5.41) is 3.45. The normalized spacial score (nSPS) is 14.5. The molecule has 1 N–H and O–H groups in total. The number of rotatable bonds is 8. The minimum absolute atomic E-state index is 0.577. The van der Waals surface area contributed by atoms with Gasteiger partial charge in [-0.1, -0.05) is 32.0 Å². The third kappa shape index (κ3) is 5.46. The Hall–Kier alpha value is -0.670. The van der Waals surface area contributed by atoms with Crippen LogP contribution < -0.4 is 5.32 Å². The van der Waals surface area contributed by atoms with Crippen LogP contribution in [0.5, 0.6) is 0 Å². The van der Waals surface area contributed by atoms with Crippen LogP contribution in [0.15, 0.2) is 35.2 Å². The van der Waals surface area contributed by atoms with Gasteiger partial charge >= 0.3 is 0 Å². The molecule has 0 fully saturated rings. The Kier molecular flexibility index (Phi) is 7.13. The van der Waals surface area contributed by atoms with Crippen LogP contribution in [0.1, 0.15) is 33.1 Å². The monoisotopic (exact) mass is 253 g/mol. The maximum atomic E-state index is 12.0. The van der Waals surface area contributed by atoms with Crippen molar-refractivity contribution in [3.05, 3.63) is 30.3 Å². The van der Waals surface area contributed by atoms with Gasteiger partial charge in [0.2, 0.25) is 0 Å². The Labute approximate surface area is 107 Å². The molecule has 0 amide bonds. The summed E-state index contributed by atoms with van der Waals surface area (Å²) in [4.78, 5) is 0.948. The van der Waals surface area contributed by atoms with Gasteiger partial charge in [-0.05, 0) is 37.9 Å². The number of nitrogens with one attached hydrogen (secondary N) is 1. The highest BCUT2D eigenvalue weighted by molar-refractivity contribution is 7.85. The molecular weight excluding hydrogens is 230 g/mol. The van der Waals surface area contributed by atoms with Gasteiger partial charge in [0.25, 0.3) is 0 Å². The smallest absolute Gasteiger partial charge is 0.0529 e. The predicted molar refractivity (Wildman–Crippen MR) is 74.7 cm³/mol. The van der Waals surface area contributed by atoms with Crippen molar-refractivity contribution in [2.24, 2.45) is 0 Å². The molecule has 3 heteroatoms. The first-order chi connectivity index (χ1) is 8.27. The van der Waals surface area contributed by atoms with Gasteiger partial charge in [-0.15, -0.1) is 0 Å². The largest absolute Gasteiger partial charge is 0.314 e. The number of hydrogen-bond acceptors (Lipinski definition) is 2. The fraction of sp³-hybridized carbons (Fsp3) is 0.571. The summed E-state index contributed by atoms with van der Waals surface area (Å²) in [6, 6.07) is 10.3. The number of hydrogen-bond donors (Lipinski definition) is 1. The summed E-state index contributed by atoms with van der Waals surface area (Å²) < 4.78 is 12.0. The first kappa shape index (κ1) is 14.4. The highest BCUT2D eigenvalue weighted by Crippen LogP contribution is 2.09. The van der Waals surface area contributed by atoms with Crippen LogP contribution in [-0.2, 0) is 10.8 Å². The molecule has 0 saturated heterocycles. The second-order valence-corrected chi connectivity index (χ2v) is 5.74. The average Bonchev–Trinajstić information content (AvgIpc) is 2.38. The van der Waals surface area contributed by atoms with E-state index in [9.17, 15) is 4.21 Å². The highest BCUT2D eigenvalue weighted by Gasteiger charge is 2.07. The zero-order chi connectivity index (χ0) is 12.5. The van der Waals surface area contributed by atoms with Crippen molar-refractivity contribution in [3.63, 3.8) is 0 Å². The summed E-state index contributed by atoms with van der Waals surface area (Å²) in [5.74, 6) is 0.770. The molecule has 2 atom stereocenters. The first-order valence-corrected chi connectivity index (χ1v) is 7.76. The second-order valence-electron chi connectivity index (χ2n) is 4.17. The van der Waals surface area contributed by atoms with Crippen molar-refractivity contribution in [2.45, 2.75) is 44.0 Å². The molecule has 0 heterocycles. The molecule has 1 aromatic carbocycles. The van der Waals surface area contributed by atoms with E-state index in [0.29, 0.717) is 6.04 Å². The van der Waals surface area contributed by atoms with Crippen molar-refractivity contribution in [1.82, 2.24) is 5.32 Å². The molecule has 0 aromatic heterocycles. The van der Waals surface area contributed by atoms with E-state index in [1.54, 1.807) is 0 Å². The minimum atomic E-state index is -0.834. The summed E-state index contributed by atoms with van der Waals surface area (Å²) in [5.41, 5.74) is 0. The van der Waals surface area contributed by atoms with Crippen LogP contribution in [-0.4, -0.2) is 22.5 Å². The molecular formula is C14H23NOS. The molecule has 2 nitrogen and oxygen atoms in total. The molecule has 17 heavy (non-hydrogen) atoms. The Bertz CT molecular complexity index is 326. The summed E-state index contributed by atoms with van der Waals surface area (Å²) in [6.45, 7) is 5.34. The lowest BCUT2D eigenvalue weighted by molar-refractivity contribution is 0.476. The Morgan fingerprint density at radius 1 is 1.24 bits per heavy atom. The van der Waals surface area contributed by atoms with E-state index in [2.05, 4.69) is 19.2 Å². The van der Waals surface area contributed by atoms with Crippen molar-refractivity contribution < 1.29 is 4.21 Å². The van der Waals surface area contributed by atoms with Gasteiger partial charge in [0.05, 0.1) is 10.8 Å². The number of benzene rings is 1. The lowest BCUT2D eigenvalue weighted by atomic mass is 10.1. The van der Waals surface area contributed by atoms with E-state index in [1.165, 1.54) is 0 Å². The lowest BCUT2D eigenvalue weighted by Crippen LogP contribution is -2.28. The topological polar surface area (TPSA) is 29.1 Å². The van der Waals surface area contributed by atoms with E-state index < -0.39 is 10.8 Å². The molecule has 0 radical (unpaired) electrons. The SMILES string of the molecule is CCNC(CC)CCCS(=O)c1ccccc1. The molecule has 2 unspecified atom stereocenters. The zero-order valence-electron chi connectivity index (χ0n) is 10.8. The van der Waals surface area contributed by atoms with Gasteiger partial charge in [-0.2, -0.15) is 0 Å².